The number of carbonyl (C=O) groups is 1. The molecule has 1 aromatic carbocycles. The van der Waals surface area contributed by atoms with E-state index in [4.69, 9.17) is 15.2 Å². The van der Waals surface area contributed by atoms with Crippen LogP contribution in [0.1, 0.15) is 24.2 Å². The van der Waals surface area contributed by atoms with Gasteiger partial charge in [0.2, 0.25) is 0 Å². The summed E-state index contributed by atoms with van der Waals surface area (Å²) in [5, 5.41) is 2.77. The maximum absolute atomic E-state index is 11.9. The van der Waals surface area contributed by atoms with Crippen molar-refractivity contribution < 1.29 is 14.3 Å². The molecule has 0 aliphatic carbocycles. The monoisotopic (exact) mass is 288 g/mol. The molecule has 0 fully saturated rings. The van der Waals surface area contributed by atoms with Crippen LogP contribution < -0.4 is 20.5 Å². The highest BCUT2D eigenvalue weighted by atomic mass is 35.5. The molecule has 0 heterocycles. The quantitative estimate of drug-likeness (QED) is 0.863. The third-order valence-electron chi connectivity index (χ3n) is 2.35. The lowest BCUT2D eigenvalue weighted by Crippen LogP contribution is -2.45. The molecular weight excluding hydrogens is 268 g/mol. The molecular formula is C13H21ClN2O3. The summed E-state index contributed by atoms with van der Waals surface area (Å²) < 4.78 is 10.3. The van der Waals surface area contributed by atoms with Gasteiger partial charge in [0.15, 0.2) is 11.5 Å². The first-order valence-corrected chi connectivity index (χ1v) is 5.66. The van der Waals surface area contributed by atoms with Crippen molar-refractivity contribution >= 4 is 18.3 Å². The molecule has 0 aromatic heterocycles. The lowest BCUT2D eigenvalue weighted by molar-refractivity contribution is 0.0945. The predicted molar refractivity (Wildman–Crippen MR) is 77.4 cm³/mol. The number of methoxy groups -OCH3 is 2. The second-order valence-corrected chi connectivity index (χ2v) is 4.74. The molecule has 6 heteroatoms. The zero-order valence-electron chi connectivity index (χ0n) is 11.6. The van der Waals surface area contributed by atoms with E-state index in [0.29, 0.717) is 23.6 Å². The topological polar surface area (TPSA) is 73.6 Å². The second kappa shape index (κ2) is 7.21. The van der Waals surface area contributed by atoms with Crippen LogP contribution in [0.4, 0.5) is 0 Å². The highest BCUT2D eigenvalue weighted by Gasteiger charge is 2.14. The van der Waals surface area contributed by atoms with Crippen molar-refractivity contribution in [2.24, 2.45) is 5.73 Å². The molecule has 1 aromatic rings. The van der Waals surface area contributed by atoms with Crippen molar-refractivity contribution in [1.82, 2.24) is 5.32 Å². The Balaban J connectivity index is 0.00000324. The van der Waals surface area contributed by atoms with Crippen molar-refractivity contribution in [2.75, 3.05) is 20.8 Å². The number of halogens is 1. The largest absolute Gasteiger partial charge is 0.493 e. The van der Waals surface area contributed by atoms with Crippen LogP contribution in [0.15, 0.2) is 18.2 Å². The van der Waals surface area contributed by atoms with Crippen molar-refractivity contribution in [3.8, 4) is 11.5 Å². The van der Waals surface area contributed by atoms with E-state index in [1.165, 1.54) is 7.11 Å². The van der Waals surface area contributed by atoms with Crippen LogP contribution in [0.25, 0.3) is 0 Å². The minimum absolute atomic E-state index is 0. The first-order chi connectivity index (χ1) is 8.37. The molecule has 1 amide bonds. The molecule has 0 saturated heterocycles. The number of nitrogens with one attached hydrogen (secondary N) is 1. The fraction of sp³-hybridized carbons (Fsp3) is 0.462. The molecule has 0 unspecified atom stereocenters. The molecule has 3 N–H and O–H groups in total. The third kappa shape index (κ3) is 5.36. The van der Waals surface area contributed by atoms with Crippen molar-refractivity contribution in [3.05, 3.63) is 23.8 Å². The molecule has 0 saturated carbocycles. The van der Waals surface area contributed by atoms with Crippen LogP contribution in [-0.2, 0) is 0 Å². The molecule has 19 heavy (non-hydrogen) atoms. The normalized spacial score (nSPS) is 10.4. The Kier molecular flexibility index (Phi) is 6.65. The van der Waals surface area contributed by atoms with E-state index in [1.54, 1.807) is 25.3 Å². The summed E-state index contributed by atoms with van der Waals surface area (Å²) in [6, 6.07) is 5.01. The number of amides is 1. The van der Waals surface area contributed by atoms with Gasteiger partial charge < -0.3 is 20.5 Å². The number of ether oxygens (including phenoxy) is 2. The van der Waals surface area contributed by atoms with Gasteiger partial charge >= 0.3 is 0 Å². The van der Waals surface area contributed by atoms with Crippen molar-refractivity contribution in [1.29, 1.82) is 0 Å². The fourth-order valence-electron chi connectivity index (χ4n) is 1.39. The fourth-order valence-corrected chi connectivity index (χ4v) is 1.39. The molecule has 108 valence electrons. The van der Waals surface area contributed by atoms with Crippen molar-refractivity contribution in [3.63, 3.8) is 0 Å². The van der Waals surface area contributed by atoms with Gasteiger partial charge in [0.1, 0.15) is 0 Å². The van der Waals surface area contributed by atoms with Gasteiger partial charge in [-0.25, -0.2) is 0 Å². The van der Waals surface area contributed by atoms with E-state index in [1.807, 2.05) is 13.8 Å². The zero-order chi connectivity index (χ0) is 13.8. The lowest BCUT2D eigenvalue weighted by atomic mass is 10.1. The van der Waals surface area contributed by atoms with E-state index < -0.39 is 5.54 Å². The lowest BCUT2D eigenvalue weighted by Gasteiger charge is -2.19. The number of hydrogen-bond donors (Lipinski definition) is 2. The first-order valence-electron chi connectivity index (χ1n) is 5.66. The van der Waals surface area contributed by atoms with E-state index in [9.17, 15) is 4.79 Å². The average Bonchev–Trinajstić information content (AvgIpc) is 2.34. The van der Waals surface area contributed by atoms with Gasteiger partial charge in [-0.2, -0.15) is 0 Å². The number of rotatable bonds is 5. The Labute approximate surface area is 119 Å². The Morgan fingerprint density at radius 1 is 1.26 bits per heavy atom. The molecule has 0 spiro atoms. The molecule has 0 radical (unpaired) electrons. The van der Waals surface area contributed by atoms with Gasteiger partial charge in [0.25, 0.3) is 5.91 Å². The SMILES string of the molecule is COc1ccc(C(=O)NCC(C)(C)N)cc1OC.Cl. The van der Waals surface area contributed by atoms with Gasteiger partial charge in [-0.3, -0.25) is 4.79 Å². The molecule has 0 bridgehead atoms. The maximum atomic E-state index is 11.9. The molecule has 1 rings (SSSR count). The van der Waals surface area contributed by atoms with Gasteiger partial charge in [-0.15, -0.1) is 12.4 Å². The maximum Gasteiger partial charge on any atom is 0.251 e. The highest BCUT2D eigenvalue weighted by molar-refractivity contribution is 5.94. The first kappa shape index (κ1) is 17.5. The summed E-state index contributed by atoms with van der Waals surface area (Å²) >= 11 is 0. The summed E-state index contributed by atoms with van der Waals surface area (Å²) in [6.45, 7) is 4.10. The number of hydrogen-bond acceptors (Lipinski definition) is 4. The Bertz CT molecular complexity index is 430. The smallest absolute Gasteiger partial charge is 0.251 e. The second-order valence-electron chi connectivity index (χ2n) is 4.74. The van der Waals surface area contributed by atoms with Gasteiger partial charge in [-0.05, 0) is 32.0 Å². The van der Waals surface area contributed by atoms with Gasteiger partial charge in [0.05, 0.1) is 14.2 Å². The van der Waals surface area contributed by atoms with Crippen LogP contribution in [0.2, 0.25) is 0 Å². The average molecular weight is 289 g/mol. The Morgan fingerprint density at radius 3 is 2.32 bits per heavy atom. The summed E-state index contributed by atoms with van der Waals surface area (Å²) in [5.41, 5.74) is 5.88. The van der Waals surface area contributed by atoms with E-state index in [0.717, 1.165) is 0 Å². The van der Waals surface area contributed by atoms with Gasteiger partial charge in [-0.1, -0.05) is 0 Å². The summed E-state index contributed by atoms with van der Waals surface area (Å²) in [4.78, 5) is 11.9. The highest BCUT2D eigenvalue weighted by Crippen LogP contribution is 2.27. The van der Waals surface area contributed by atoms with Gasteiger partial charge in [0, 0.05) is 17.6 Å². The van der Waals surface area contributed by atoms with Crippen LogP contribution in [0, 0.1) is 0 Å². The molecule has 0 atom stereocenters. The molecule has 5 nitrogen and oxygen atoms in total. The number of nitrogens with two attached hydrogens (primary N) is 1. The van der Waals surface area contributed by atoms with E-state index in [-0.39, 0.29) is 18.3 Å². The molecule has 0 aliphatic rings. The van der Waals surface area contributed by atoms with Crippen LogP contribution in [0.3, 0.4) is 0 Å². The zero-order valence-corrected chi connectivity index (χ0v) is 12.5. The van der Waals surface area contributed by atoms with Crippen molar-refractivity contribution in [2.45, 2.75) is 19.4 Å². The van der Waals surface area contributed by atoms with Crippen LogP contribution in [0.5, 0.6) is 11.5 Å². The molecule has 0 aliphatic heterocycles. The predicted octanol–water partition coefficient (Wildman–Crippen LogP) is 1.59. The Hall–Kier alpha value is -1.46. The Morgan fingerprint density at radius 2 is 1.84 bits per heavy atom. The summed E-state index contributed by atoms with van der Waals surface area (Å²) in [5.74, 6) is 0.930. The summed E-state index contributed by atoms with van der Waals surface area (Å²) in [6.07, 6.45) is 0. The van der Waals surface area contributed by atoms with Crippen LogP contribution >= 0.6 is 12.4 Å². The standard InChI is InChI=1S/C13H20N2O3.ClH/c1-13(2,14)8-15-12(16)9-5-6-10(17-3)11(7-9)18-4;/h5-7H,8,14H2,1-4H3,(H,15,16);1H. The number of benzene rings is 1. The van der Waals surface area contributed by atoms with E-state index in [2.05, 4.69) is 5.32 Å². The van der Waals surface area contributed by atoms with Crippen LogP contribution in [-0.4, -0.2) is 32.2 Å². The minimum Gasteiger partial charge on any atom is -0.493 e. The van der Waals surface area contributed by atoms with E-state index >= 15 is 0 Å². The third-order valence-corrected chi connectivity index (χ3v) is 2.35. The number of carbonyl (C=O) groups excluding carboxylic acids is 1. The minimum atomic E-state index is -0.438. The summed E-state index contributed by atoms with van der Waals surface area (Å²) in [7, 11) is 3.08.